The fourth-order valence-corrected chi connectivity index (χ4v) is 6.80. The molecule has 0 aliphatic heterocycles. The number of nitrogens with zero attached hydrogens (tertiary/aromatic N) is 5. The largest absolute Gasteiger partial charge is 0.295 e. The van der Waals surface area contributed by atoms with Crippen molar-refractivity contribution in [2.24, 2.45) is 0 Å². The van der Waals surface area contributed by atoms with Gasteiger partial charge in [0.25, 0.3) is 5.69 Å². The van der Waals surface area contributed by atoms with Gasteiger partial charge in [-0.3, -0.25) is 14.7 Å². The third kappa shape index (κ3) is 4.15. The van der Waals surface area contributed by atoms with Gasteiger partial charge in [-0.1, -0.05) is 103 Å². The Bertz CT molecular complexity index is 2270. The second kappa shape index (κ2) is 9.97. The minimum absolute atomic E-state index is 0.125. The average Bonchev–Trinajstić information content (AvgIpc) is 3.61. The predicted molar refractivity (Wildman–Crippen MR) is 173 cm³/mol. The molecular weight excluding hydrogens is 554 g/mol. The monoisotopic (exact) mass is 575 g/mol. The number of hydrogen-bond donors (Lipinski definition) is 0. The van der Waals surface area contributed by atoms with Crippen LogP contribution in [-0.4, -0.2) is 24.4 Å². The normalized spacial score (nSPS) is 11.4. The molecule has 0 amide bonds. The van der Waals surface area contributed by atoms with Crippen LogP contribution in [0.2, 0.25) is 0 Å². The van der Waals surface area contributed by atoms with Gasteiger partial charge in [0.15, 0.2) is 11.6 Å². The van der Waals surface area contributed by atoms with E-state index in [1.807, 2.05) is 126 Å². The van der Waals surface area contributed by atoms with Gasteiger partial charge in [0.2, 0.25) is 5.95 Å². The summed E-state index contributed by atoms with van der Waals surface area (Å²) in [5, 5.41) is 15.0. The van der Waals surface area contributed by atoms with E-state index >= 15 is 0 Å². The van der Waals surface area contributed by atoms with Crippen LogP contribution in [0.3, 0.4) is 0 Å². The van der Waals surface area contributed by atoms with E-state index in [2.05, 4.69) is 6.07 Å². The summed E-state index contributed by atoms with van der Waals surface area (Å²) < 4.78 is 2.91. The standard InChI is InChI=1S/C35H21N5O2S/c41-40(42)31-27-16-8-10-18-30(27)43-32(31)24-19-20-26-25-15-7-9-17-28(25)39(29(26)21-24)35-37-33(22-11-3-1-4-12-22)36-34(38-35)23-13-5-2-6-14-23/h1-21H. The molecule has 5 aromatic carbocycles. The molecule has 8 aromatic rings. The molecule has 8 heteroatoms. The summed E-state index contributed by atoms with van der Waals surface area (Å²) in [5.74, 6) is 1.60. The fourth-order valence-electron chi connectivity index (χ4n) is 5.63. The van der Waals surface area contributed by atoms with Gasteiger partial charge in [-0.05, 0) is 24.3 Å². The zero-order valence-corrected chi connectivity index (χ0v) is 23.4. The lowest BCUT2D eigenvalue weighted by atomic mass is 10.1. The van der Waals surface area contributed by atoms with Crippen LogP contribution >= 0.6 is 11.3 Å². The Kier molecular flexibility index (Phi) is 5.80. The van der Waals surface area contributed by atoms with Crippen LogP contribution in [0.15, 0.2) is 127 Å². The Labute approximate surface area is 249 Å². The highest BCUT2D eigenvalue weighted by Gasteiger charge is 2.25. The van der Waals surface area contributed by atoms with Crippen LogP contribution in [0.4, 0.5) is 5.69 Å². The molecule has 0 saturated carbocycles. The van der Waals surface area contributed by atoms with Crippen LogP contribution in [0, 0.1) is 10.1 Å². The quantitative estimate of drug-likeness (QED) is 0.151. The lowest BCUT2D eigenvalue weighted by Crippen LogP contribution is -2.06. The van der Waals surface area contributed by atoms with Gasteiger partial charge in [0.1, 0.15) is 4.88 Å². The van der Waals surface area contributed by atoms with E-state index in [0.717, 1.165) is 43.2 Å². The molecule has 204 valence electrons. The third-order valence-corrected chi connectivity index (χ3v) is 8.78. The second-order valence-corrected chi connectivity index (χ2v) is 11.2. The second-order valence-electron chi connectivity index (χ2n) is 10.1. The zero-order valence-electron chi connectivity index (χ0n) is 22.6. The van der Waals surface area contributed by atoms with Crippen molar-refractivity contribution in [2.45, 2.75) is 0 Å². The van der Waals surface area contributed by atoms with Gasteiger partial charge in [0.05, 0.1) is 21.3 Å². The third-order valence-electron chi connectivity index (χ3n) is 7.58. The summed E-state index contributed by atoms with van der Waals surface area (Å²) in [7, 11) is 0. The van der Waals surface area contributed by atoms with Crippen molar-refractivity contribution in [1.29, 1.82) is 0 Å². The molecule has 8 rings (SSSR count). The highest BCUT2D eigenvalue weighted by Crippen LogP contribution is 2.45. The summed E-state index contributed by atoms with van der Waals surface area (Å²) in [4.78, 5) is 27.5. The molecule has 3 heterocycles. The van der Waals surface area contributed by atoms with Crippen LogP contribution in [0.1, 0.15) is 0 Å². The first kappa shape index (κ1) is 25.0. The van der Waals surface area contributed by atoms with Crippen LogP contribution < -0.4 is 0 Å². The van der Waals surface area contributed by atoms with Gasteiger partial charge in [-0.25, -0.2) is 4.98 Å². The molecule has 3 aromatic heterocycles. The van der Waals surface area contributed by atoms with Gasteiger partial charge < -0.3 is 0 Å². The first-order valence-electron chi connectivity index (χ1n) is 13.7. The number of thiophene rings is 1. The van der Waals surface area contributed by atoms with Crippen molar-refractivity contribution < 1.29 is 4.92 Å². The van der Waals surface area contributed by atoms with Crippen molar-refractivity contribution in [2.75, 3.05) is 0 Å². The van der Waals surface area contributed by atoms with E-state index in [4.69, 9.17) is 15.0 Å². The van der Waals surface area contributed by atoms with E-state index in [0.29, 0.717) is 27.9 Å². The number of aromatic nitrogens is 4. The topological polar surface area (TPSA) is 86.7 Å². The molecule has 0 bridgehead atoms. The molecule has 0 aliphatic rings. The number of para-hydroxylation sites is 1. The maximum atomic E-state index is 12.3. The van der Waals surface area contributed by atoms with Gasteiger partial charge in [-0.15, -0.1) is 11.3 Å². The van der Waals surface area contributed by atoms with Crippen LogP contribution in [0.5, 0.6) is 0 Å². The number of benzene rings is 5. The highest BCUT2D eigenvalue weighted by molar-refractivity contribution is 7.23. The van der Waals surface area contributed by atoms with E-state index in [9.17, 15) is 10.1 Å². The molecule has 0 N–H and O–H groups in total. The van der Waals surface area contributed by atoms with E-state index in [1.54, 1.807) is 0 Å². The fraction of sp³-hybridized carbons (Fsp3) is 0. The first-order valence-corrected chi connectivity index (χ1v) is 14.5. The van der Waals surface area contributed by atoms with Crippen molar-refractivity contribution in [3.05, 3.63) is 138 Å². The van der Waals surface area contributed by atoms with E-state index in [-0.39, 0.29) is 10.6 Å². The molecule has 43 heavy (non-hydrogen) atoms. The molecule has 0 spiro atoms. The minimum Gasteiger partial charge on any atom is -0.278 e. The van der Waals surface area contributed by atoms with Gasteiger partial charge in [0, 0.05) is 32.2 Å². The maximum Gasteiger partial charge on any atom is 0.295 e. The Balaban J connectivity index is 1.43. The summed E-state index contributed by atoms with van der Waals surface area (Å²) in [6, 6.07) is 41.3. The number of rotatable bonds is 5. The average molecular weight is 576 g/mol. The lowest BCUT2D eigenvalue weighted by Gasteiger charge is -2.11. The summed E-state index contributed by atoms with van der Waals surface area (Å²) in [6.07, 6.45) is 0. The first-order chi connectivity index (χ1) is 21.2. The summed E-state index contributed by atoms with van der Waals surface area (Å²) in [5.41, 5.74) is 4.45. The Morgan fingerprint density at radius 1 is 0.581 bits per heavy atom. The summed E-state index contributed by atoms with van der Waals surface area (Å²) in [6.45, 7) is 0. The van der Waals surface area contributed by atoms with Crippen LogP contribution in [0.25, 0.3) is 71.1 Å². The Hall–Kier alpha value is -5.73. The van der Waals surface area contributed by atoms with Crippen LogP contribution in [-0.2, 0) is 0 Å². The maximum absolute atomic E-state index is 12.3. The predicted octanol–water partition coefficient (Wildman–Crippen LogP) is 9.09. The molecule has 0 unspecified atom stereocenters. The number of nitro groups is 1. The van der Waals surface area contributed by atoms with E-state index in [1.165, 1.54) is 11.3 Å². The van der Waals surface area contributed by atoms with Crippen molar-refractivity contribution >= 4 is 48.9 Å². The lowest BCUT2D eigenvalue weighted by molar-refractivity contribution is -0.382. The van der Waals surface area contributed by atoms with Crippen molar-refractivity contribution in [1.82, 2.24) is 19.5 Å². The van der Waals surface area contributed by atoms with Crippen molar-refractivity contribution in [3.63, 3.8) is 0 Å². The molecule has 0 fully saturated rings. The molecular formula is C35H21N5O2S. The highest BCUT2D eigenvalue weighted by atomic mass is 32.1. The molecule has 7 nitrogen and oxygen atoms in total. The smallest absolute Gasteiger partial charge is 0.278 e. The number of fused-ring (bicyclic) bond motifs is 4. The van der Waals surface area contributed by atoms with Gasteiger partial charge in [-0.2, -0.15) is 9.97 Å². The molecule has 0 atom stereocenters. The minimum atomic E-state index is -0.280. The van der Waals surface area contributed by atoms with E-state index < -0.39 is 0 Å². The van der Waals surface area contributed by atoms with Crippen molar-refractivity contribution in [3.8, 4) is 39.2 Å². The molecule has 0 radical (unpaired) electrons. The Morgan fingerprint density at radius 3 is 1.84 bits per heavy atom. The summed E-state index contributed by atoms with van der Waals surface area (Å²) >= 11 is 1.43. The Morgan fingerprint density at radius 2 is 1.16 bits per heavy atom. The van der Waals surface area contributed by atoms with Gasteiger partial charge >= 0.3 is 0 Å². The zero-order chi connectivity index (χ0) is 28.9. The molecule has 0 aliphatic carbocycles. The molecule has 0 saturated heterocycles. The number of hydrogen-bond acceptors (Lipinski definition) is 6. The SMILES string of the molecule is O=[N+]([O-])c1c(-c2ccc3c4ccccc4n(-c4nc(-c5ccccc5)nc(-c5ccccc5)n4)c3c2)sc2ccccc12.